The van der Waals surface area contributed by atoms with E-state index in [0.717, 1.165) is 19.0 Å². The van der Waals surface area contributed by atoms with Gasteiger partial charge in [-0.1, -0.05) is 0 Å². The molecular formula is C11H13FN2O2. The van der Waals surface area contributed by atoms with E-state index in [1.54, 1.807) is 14.1 Å². The zero-order valence-corrected chi connectivity index (χ0v) is 9.24. The van der Waals surface area contributed by atoms with Crippen LogP contribution in [0, 0.1) is 5.82 Å². The van der Waals surface area contributed by atoms with Gasteiger partial charge < -0.3 is 9.64 Å². The molecule has 0 aliphatic heterocycles. The zero-order valence-electron chi connectivity index (χ0n) is 9.24. The van der Waals surface area contributed by atoms with E-state index in [9.17, 15) is 9.18 Å². The summed E-state index contributed by atoms with van der Waals surface area (Å²) in [6.07, 6.45) is 4.27. The van der Waals surface area contributed by atoms with Crippen molar-refractivity contribution in [3.8, 4) is 5.75 Å². The Bertz CT molecular complexity index is 416. The molecule has 0 unspecified atom stereocenters. The molecule has 1 saturated carbocycles. The second kappa shape index (κ2) is 4.08. The Morgan fingerprint density at radius 2 is 2.19 bits per heavy atom. The van der Waals surface area contributed by atoms with Crippen molar-refractivity contribution in [3.05, 3.63) is 23.8 Å². The second-order valence-electron chi connectivity index (χ2n) is 4.01. The lowest BCUT2D eigenvalue weighted by molar-refractivity contribution is 0.0821. The van der Waals surface area contributed by atoms with Gasteiger partial charge in [-0.2, -0.15) is 0 Å². The number of hydrogen-bond donors (Lipinski definition) is 0. The van der Waals surface area contributed by atoms with Crippen molar-refractivity contribution < 1.29 is 13.9 Å². The zero-order chi connectivity index (χ0) is 11.7. The van der Waals surface area contributed by atoms with E-state index in [0.29, 0.717) is 0 Å². The Balaban J connectivity index is 2.34. The minimum Gasteiger partial charge on any atom is -0.486 e. The molecule has 1 heterocycles. The molecule has 0 radical (unpaired) electrons. The number of nitrogens with zero attached hydrogens (tertiary/aromatic N) is 2. The Morgan fingerprint density at radius 3 is 2.75 bits per heavy atom. The summed E-state index contributed by atoms with van der Waals surface area (Å²) in [7, 11) is 3.21. The highest BCUT2D eigenvalue weighted by Gasteiger charge is 2.28. The molecule has 0 atom stereocenters. The van der Waals surface area contributed by atoms with Crippen LogP contribution in [0.2, 0.25) is 0 Å². The Labute approximate surface area is 93.0 Å². The fourth-order valence-corrected chi connectivity index (χ4v) is 1.29. The van der Waals surface area contributed by atoms with Gasteiger partial charge in [-0.25, -0.2) is 4.39 Å². The molecule has 1 aliphatic carbocycles. The van der Waals surface area contributed by atoms with Crippen LogP contribution in [0.25, 0.3) is 0 Å². The number of hydrogen-bond acceptors (Lipinski definition) is 3. The van der Waals surface area contributed by atoms with Crippen LogP contribution >= 0.6 is 0 Å². The molecule has 86 valence electrons. The Hall–Kier alpha value is -1.65. The summed E-state index contributed by atoms with van der Waals surface area (Å²) in [5, 5.41) is 0. The van der Waals surface area contributed by atoms with Crippen LogP contribution in [0.15, 0.2) is 12.4 Å². The van der Waals surface area contributed by atoms with Crippen LogP contribution in [0.5, 0.6) is 5.75 Å². The molecule has 0 N–H and O–H groups in total. The van der Waals surface area contributed by atoms with Gasteiger partial charge in [0.1, 0.15) is 5.56 Å². The SMILES string of the molecule is CN(C)C(=O)c1cncc(F)c1OC1CC1. The topological polar surface area (TPSA) is 42.4 Å². The third-order valence-corrected chi connectivity index (χ3v) is 2.30. The molecular weight excluding hydrogens is 211 g/mol. The molecule has 0 bridgehead atoms. The van der Waals surface area contributed by atoms with Crippen LogP contribution in [0.3, 0.4) is 0 Å². The smallest absolute Gasteiger partial charge is 0.258 e. The average Bonchev–Trinajstić information content (AvgIpc) is 3.03. The van der Waals surface area contributed by atoms with Crippen molar-refractivity contribution in [1.29, 1.82) is 0 Å². The molecule has 2 rings (SSSR count). The lowest BCUT2D eigenvalue weighted by atomic mass is 10.2. The third kappa shape index (κ3) is 2.13. The normalized spacial score (nSPS) is 14.7. The molecule has 1 amide bonds. The number of carbonyl (C=O) groups is 1. The van der Waals surface area contributed by atoms with Crippen molar-refractivity contribution in [3.63, 3.8) is 0 Å². The van der Waals surface area contributed by atoms with E-state index in [1.807, 2.05) is 0 Å². The highest BCUT2D eigenvalue weighted by atomic mass is 19.1. The first-order valence-corrected chi connectivity index (χ1v) is 5.11. The highest BCUT2D eigenvalue weighted by molar-refractivity contribution is 5.96. The standard InChI is InChI=1S/C11H13FN2O2/c1-14(2)11(15)8-5-13-6-9(12)10(8)16-7-3-4-7/h5-7H,3-4H2,1-2H3. The van der Waals surface area contributed by atoms with Gasteiger partial charge in [0.05, 0.1) is 12.3 Å². The quantitative estimate of drug-likeness (QED) is 0.780. The first kappa shape index (κ1) is 10.9. The van der Waals surface area contributed by atoms with Gasteiger partial charge in [0, 0.05) is 20.3 Å². The summed E-state index contributed by atoms with van der Waals surface area (Å²) in [4.78, 5) is 16.8. The van der Waals surface area contributed by atoms with Crippen molar-refractivity contribution in [1.82, 2.24) is 9.88 Å². The van der Waals surface area contributed by atoms with Gasteiger partial charge >= 0.3 is 0 Å². The Morgan fingerprint density at radius 1 is 1.50 bits per heavy atom. The Kier molecular flexibility index (Phi) is 2.77. The molecule has 1 aromatic heterocycles. The van der Waals surface area contributed by atoms with E-state index in [4.69, 9.17) is 4.74 Å². The number of amides is 1. The van der Waals surface area contributed by atoms with Crippen molar-refractivity contribution in [2.24, 2.45) is 0 Å². The van der Waals surface area contributed by atoms with Crippen LogP contribution in [0.1, 0.15) is 23.2 Å². The van der Waals surface area contributed by atoms with Gasteiger partial charge in [0.25, 0.3) is 5.91 Å². The van der Waals surface area contributed by atoms with Crippen molar-refractivity contribution >= 4 is 5.91 Å². The third-order valence-electron chi connectivity index (χ3n) is 2.30. The van der Waals surface area contributed by atoms with Crippen molar-refractivity contribution in [2.75, 3.05) is 14.1 Å². The molecule has 1 aliphatic rings. The molecule has 0 saturated heterocycles. The minimum absolute atomic E-state index is 0.0243. The summed E-state index contributed by atoms with van der Waals surface area (Å²) in [5.41, 5.74) is 0.178. The van der Waals surface area contributed by atoms with E-state index < -0.39 is 5.82 Å². The predicted molar refractivity (Wildman–Crippen MR) is 55.9 cm³/mol. The first-order chi connectivity index (χ1) is 7.59. The van der Waals surface area contributed by atoms with Crippen LogP contribution < -0.4 is 4.74 Å². The lowest BCUT2D eigenvalue weighted by Crippen LogP contribution is -2.23. The summed E-state index contributed by atoms with van der Waals surface area (Å²) >= 11 is 0. The van der Waals surface area contributed by atoms with E-state index in [-0.39, 0.29) is 23.3 Å². The van der Waals surface area contributed by atoms with Gasteiger partial charge in [-0.05, 0) is 12.8 Å². The fraction of sp³-hybridized carbons (Fsp3) is 0.455. The molecule has 0 aromatic carbocycles. The minimum atomic E-state index is -0.584. The molecule has 1 fully saturated rings. The maximum absolute atomic E-state index is 13.5. The maximum atomic E-state index is 13.5. The van der Waals surface area contributed by atoms with Crippen molar-refractivity contribution in [2.45, 2.75) is 18.9 Å². The molecule has 0 spiro atoms. The average molecular weight is 224 g/mol. The number of halogens is 1. The van der Waals surface area contributed by atoms with Gasteiger partial charge in [-0.3, -0.25) is 9.78 Å². The number of ether oxygens (including phenoxy) is 1. The fourth-order valence-electron chi connectivity index (χ4n) is 1.29. The maximum Gasteiger partial charge on any atom is 0.258 e. The molecule has 5 heteroatoms. The van der Waals surface area contributed by atoms with Crippen LogP contribution in [-0.4, -0.2) is 36.0 Å². The van der Waals surface area contributed by atoms with E-state index in [1.165, 1.54) is 11.1 Å². The van der Waals surface area contributed by atoms with Crippen LogP contribution in [0.4, 0.5) is 4.39 Å². The van der Waals surface area contributed by atoms with Gasteiger partial charge in [0.2, 0.25) is 0 Å². The van der Waals surface area contributed by atoms with Gasteiger partial charge in [0.15, 0.2) is 11.6 Å². The first-order valence-electron chi connectivity index (χ1n) is 5.11. The van der Waals surface area contributed by atoms with Gasteiger partial charge in [-0.15, -0.1) is 0 Å². The summed E-state index contributed by atoms with van der Waals surface area (Å²) < 4.78 is 18.9. The van der Waals surface area contributed by atoms with E-state index in [2.05, 4.69) is 4.98 Å². The number of pyridine rings is 1. The second-order valence-corrected chi connectivity index (χ2v) is 4.01. The monoisotopic (exact) mass is 224 g/mol. The molecule has 4 nitrogen and oxygen atoms in total. The molecule has 16 heavy (non-hydrogen) atoms. The highest BCUT2D eigenvalue weighted by Crippen LogP contribution is 2.31. The van der Waals surface area contributed by atoms with E-state index >= 15 is 0 Å². The predicted octanol–water partition coefficient (Wildman–Crippen LogP) is 1.46. The number of rotatable bonds is 3. The van der Waals surface area contributed by atoms with Crippen LogP contribution in [-0.2, 0) is 0 Å². The number of carbonyl (C=O) groups excluding carboxylic acids is 1. The summed E-state index contributed by atoms with van der Waals surface area (Å²) in [5.74, 6) is -0.863. The number of aromatic nitrogens is 1. The lowest BCUT2D eigenvalue weighted by Gasteiger charge is -2.14. The summed E-state index contributed by atoms with van der Waals surface area (Å²) in [6.45, 7) is 0. The molecule has 1 aromatic rings. The largest absolute Gasteiger partial charge is 0.486 e. The summed E-state index contributed by atoms with van der Waals surface area (Å²) in [6, 6.07) is 0.